The number of alkyl halides is 3. The molecule has 0 aromatic rings. The van der Waals surface area contributed by atoms with E-state index in [0.717, 1.165) is 12.8 Å². The Labute approximate surface area is 81.9 Å². The SMILES string of the molecule is OCC1CCC(Cl)CC(F)C1Cl. The van der Waals surface area contributed by atoms with Crippen LogP contribution in [0.4, 0.5) is 4.39 Å². The van der Waals surface area contributed by atoms with Gasteiger partial charge in [0.2, 0.25) is 0 Å². The van der Waals surface area contributed by atoms with Crippen molar-refractivity contribution in [2.45, 2.75) is 36.2 Å². The molecule has 1 aliphatic rings. The van der Waals surface area contributed by atoms with Crippen LogP contribution in [0.15, 0.2) is 0 Å². The van der Waals surface area contributed by atoms with Crippen LogP contribution < -0.4 is 0 Å². The van der Waals surface area contributed by atoms with Gasteiger partial charge in [-0.1, -0.05) is 0 Å². The molecular weight excluding hydrogens is 202 g/mol. The van der Waals surface area contributed by atoms with E-state index >= 15 is 0 Å². The maximum atomic E-state index is 13.2. The number of halogens is 3. The summed E-state index contributed by atoms with van der Waals surface area (Å²) >= 11 is 11.6. The van der Waals surface area contributed by atoms with E-state index in [-0.39, 0.29) is 17.9 Å². The Hall–Kier alpha value is 0.470. The Morgan fingerprint density at radius 2 is 2.00 bits per heavy atom. The third-order valence-electron chi connectivity index (χ3n) is 2.36. The number of rotatable bonds is 1. The van der Waals surface area contributed by atoms with E-state index in [2.05, 4.69) is 0 Å². The lowest BCUT2D eigenvalue weighted by atomic mass is 10.0. The van der Waals surface area contributed by atoms with Crippen LogP contribution in [-0.2, 0) is 0 Å². The van der Waals surface area contributed by atoms with E-state index in [9.17, 15) is 4.39 Å². The highest BCUT2D eigenvalue weighted by molar-refractivity contribution is 6.22. The average molecular weight is 215 g/mol. The fraction of sp³-hybridized carbons (Fsp3) is 1.00. The van der Waals surface area contributed by atoms with Gasteiger partial charge in [-0.2, -0.15) is 0 Å². The highest BCUT2D eigenvalue weighted by Crippen LogP contribution is 2.31. The van der Waals surface area contributed by atoms with E-state index in [4.69, 9.17) is 28.3 Å². The van der Waals surface area contributed by atoms with Crippen molar-refractivity contribution >= 4 is 23.2 Å². The third-order valence-corrected chi connectivity index (χ3v) is 3.39. The Balaban J connectivity index is 2.56. The summed E-state index contributed by atoms with van der Waals surface area (Å²) in [6, 6.07) is 0. The van der Waals surface area contributed by atoms with Crippen LogP contribution in [-0.4, -0.2) is 28.6 Å². The van der Waals surface area contributed by atoms with Gasteiger partial charge in [0.15, 0.2) is 0 Å². The first-order chi connectivity index (χ1) is 5.65. The molecule has 0 spiro atoms. The van der Waals surface area contributed by atoms with Gasteiger partial charge in [-0.15, -0.1) is 23.2 Å². The van der Waals surface area contributed by atoms with E-state index in [1.54, 1.807) is 0 Å². The molecule has 0 heterocycles. The first-order valence-electron chi connectivity index (χ1n) is 4.18. The summed E-state index contributed by atoms with van der Waals surface area (Å²) in [5.74, 6) is -0.134. The van der Waals surface area contributed by atoms with Crippen molar-refractivity contribution in [3.8, 4) is 0 Å². The lowest BCUT2D eigenvalue weighted by Crippen LogP contribution is -2.26. The predicted molar refractivity (Wildman–Crippen MR) is 48.6 cm³/mol. The molecule has 72 valence electrons. The first kappa shape index (κ1) is 10.6. The maximum Gasteiger partial charge on any atom is 0.118 e. The van der Waals surface area contributed by atoms with E-state index < -0.39 is 11.5 Å². The minimum absolute atomic E-state index is 0.0435. The molecule has 1 N–H and O–H groups in total. The highest BCUT2D eigenvalue weighted by Gasteiger charge is 2.32. The zero-order valence-electron chi connectivity index (χ0n) is 6.72. The minimum atomic E-state index is -1.08. The zero-order chi connectivity index (χ0) is 9.14. The Morgan fingerprint density at radius 1 is 1.33 bits per heavy atom. The van der Waals surface area contributed by atoms with Crippen LogP contribution in [0.5, 0.6) is 0 Å². The largest absolute Gasteiger partial charge is 0.396 e. The molecule has 1 nitrogen and oxygen atoms in total. The van der Waals surface area contributed by atoms with Gasteiger partial charge < -0.3 is 5.11 Å². The standard InChI is InChI=1S/C8H13Cl2FO/c9-6-2-1-5(4-12)8(10)7(11)3-6/h5-8,12H,1-4H2. The molecule has 4 unspecified atom stereocenters. The van der Waals surface area contributed by atoms with Gasteiger partial charge in [0.1, 0.15) is 6.17 Å². The van der Waals surface area contributed by atoms with Gasteiger partial charge in [0.05, 0.1) is 5.38 Å². The summed E-state index contributed by atoms with van der Waals surface area (Å²) in [6.07, 6.45) is 0.704. The zero-order valence-corrected chi connectivity index (χ0v) is 8.23. The van der Waals surface area contributed by atoms with Crippen LogP contribution in [0, 0.1) is 5.92 Å². The topological polar surface area (TPSA) is 20.2 Å². The van der Waals surface area contributed by atoms with Crippen molar-refractivity contribution in [1.29, 1.82) is 0 Å². The molecule has 1 fully saturated rings. The molecule has 0 aliphatic heterocycles. The van der Waals surface area contributed by atoms with Gasteiger partial charge >= 0.3 is 0 Å². The number of aliphatic hydroxyl groups excluding tert-OH is 1. The fourth-order valence-corrected chi connectivity index (χ4v) is 2.14. The van der Waals surface area contributed by atoms with Crippen molar-refractivity contribution in [2.75, 3.05) is 6.61 Å². The van der Waals surface area contributed by atoms with Gasteiger partial charge in [-0.3, -0.25) is 0 Å². The van der Waals surface area contributed by atoms with Gasteiger partial charge in [0.25, 0.3) is 0 Å². The normalized spacial score (nSPS) is 44.0. The molecule has 1 rings (SSSR count). The molecular formula is C8H13Cl2FO. The van der Waals surface area contributed by atoms with E-state index in [1.165, 1.54) is 0 Å². The molecule has 0 radical (unpaired) electrons. The van der Waals surface area contributed by atoms with Crippen LogP contribution in [0.2, 0.25) is 0 Å². The maximum absolute atomic E-state index is 13.2. The minimum Gasteiger partial charge on any atom is -0.396 e. The second-order valence-corrected chi connectivity index (χ2v) is 4.43. The van der Waals surface area contributed by atoms with E-state index in [0.29, 0.717) is 6.42 Å². The van der Waals surface area contributed by atoms with Gasteiger partial charge in [0, 0.05) is 17.9 Å². The number of aliphatic hydroxyl groups is 1. The third kappa shape index (κ3) is 2.48. The second-order valence-electron chi connectivity index (χ2n) is 3.31. The van der Waals surface area contributed by atoms with Crippen LogP contribution in [0.3, 0.4) is 0 Å². The molecule has 4 atom stereocenters. The van der Waals surface area contributed by atoms with Gasteiger partial charge in [-0.25, -0.2) is 4.39 Å². The average Bonchev–Trinajstić information content (AvgIpc) is 2.14. The quantitative estimate of drug-likeness (QED) is 0.525. The van der Waals surface area contributed by atoms with Crippen LogP contribution in [0.1, 0.15) is 19.3 Å². The summed E-state index contributed by atoms with van der Waals surface area (Å²) in [5, 5.41) is 8.20. The molecule has 4 heteroatoms. The lowest BCUT2D eigenvalue weighted by Gasteiger charge is -2.18. The van der Waals surface area contributed by atoms with Crippen molar-refractivity contribution in [2.24, 2.45) is 5.92 Å². The fourth-order valence-electron chi connectivity index (χ4n) is 1.53. The van der Waals surface area contributed by atoms with Crippen molar-refractivity contribution in [1.82, 2.24) is 0 Å². The summed E-state index contributed by atoms with van der Waals surface area (Å²) in [6.45, 7) is -0.0435. The molecule has 0 aromatic carbocycles. The van der Waals surface area contributed by atoms with Crippen LogP contribution in [0.25, 0.3) is 0 Å². The Kier molecular flexibility index (Phi) is 4.08. The highest BCUT2D eigenvalue weighted by atomic mass is 35.5. The summed E-state index contributed by atoms with van der Waals surface area (Å²) in [4.78, 5) is 0. The number of hydrogen-bond donors (Lipinski definition) is 1. The Morgan fingerprint density at radius 3 is 2.58 bits per heavy atom. The Bertz CT molecular complexity index is 145. The summed E-state index contributed by atoms with van der Waals surface area (Å²) in [5.41, 5.74) is 0. The smallest absolute Gasteiger partial charge is 0.118 e. The molecule has 1 aliphatic carbocycles. The lowest BCUT2D eigenvalue weighted by molar-refractivity contribution is 0.186. The van der Waals surface area contributed by atoms with Crippen molar-refractivity contribution in [3.05, 3.63) is 0 Å². The molecule has 12 heavy (non-hydrogen) atoms. The molecule has 0 aromatic heterocycles. The van der Waals surface area contributed by atoms with Crippen molar-refractivity contribution < 1.29 is 9.50 Å². The van der Waals surface area contributed by atoms with Gasteiger partial charge in [-0.05, 0) is 19.3 Å². The summed E-state index contributed by atoms with van der Waals surface area (Å²) in [7, 11) is 0. The molecule has 0 bridgehead atoms. The van der Waals surface area contributed by atoms with E-state index in [1.807, 2.05) is 0 Å². The molecule has 1 saturated carbocycles. The number of hydrogen-bond acceptors (Lipinski definition) is 1. The predicted octanol–water partition coefficient (Wildman–Crippen LogP) is 2.33. The molecule has 0 amide bonds. The van der Waals surface area contributed by atoms with Crippen LogP contribution >= 0.6 is 23.2 Å². The van der Waals surface area contributed by atoms with Crippen molar-refractivity contribution in [3.63, 3.8) is 0 Å². The molecule has 0 saturated heterocycles. The first-order valence-corrected chi connectivity index (χ1v) is 5.05. The monoisotopic (exact) mass is 214 g/mol. The second kappa shape index (κ2) is 4.64. The summed E-state index contributed by atoms with van der Waals surface area (Å²) < 4.78 is 13.2.